The van der Waals surface area contributed by atoms with Gasteiger partial charge in [0.15, 0.2) is 6.23 Å². The van der Waals surface area contributed by atoms with Crippen LogP contribution in [0.15, 0.2) is 24.3 Å². The summed E-state index contributed by atoms with van der Waals surface area (Å²) < 4.78 is 4.77. The van der Waals surface area contributed by atoms with Gasteiger partial charge in [0.2, 0.25) is 0 Å². The van der Waals surface area contributed by atoms with E-state index in [1.54, 1.807) is 24.3 Å². The molecule has 4 heteroatoms. The molecule has 0 aromatic heterocycles. The van der Waals surface area contributed by atoms with E-state index >= 15 is 0 Å². The molecular formula is C9H10ClNO2. The first-order valence-corrected chi connectivity index (χ1v) is 4.15. The number of rotatable bonds is 2. The summed E-state index contributed by atoms with van der Waals surface area (Å²) in [5.74, 6) is -0.401. The van der Waals surface area contributed by atoms with Crippen molar-refractivity contribution in [3.05, 3.63) is 34.9 Å². The minimum absolute atomic E-state index is 0.401. The Bertz CT molecular complexity index is 297. The fraction of sp³-hybridized carbons (Fsp3) is 0.222. The number of nitrogens with two attached hydrogens (primary N) is 1. The van der Waals surface area contributed by atoms with Crippen LogP contribution in [0.1, 0.15) is 18.7 Å². The quantitative estimate of drug-likeness (QED) is 0.584. The number of carbonyl (C=O) groups excluding carboxylic acids is 1. The second-order valence-corrected chi connectivity index (χ2v) is 3.02. The number of hydrogen-bond acceptors (Lipinski definition) is 3. The largest absolute Gasteiger partial charge is 0.443 e. The number of ether oxygens (including phenoxy) is 1. The number of esters is 1. The number of benzene rings is 1. The summed E-state index contributed by atoms with van der Waals surface area (Å²) in [6.07, 6.45) is -0.713. The van der Waals surface area contributed by atoms with Gasteiger partial charge < -0.3 is 4.74 Å². The maximum Gasteiger partial charge on any atom is 0.304 e. The fourth-order valence-electron chi connectivity index (χ4n) is 0.899. The molecule has 1 aromatic rings. The highest BCUT2D eigenvalue weighted by Gasteiger charge is 2.07. The molecule has 0 bridgehead atoms. The number of halogens is 1. The third-order valence-corrected chi connectivity index (χ3v) is 1.74. The summed E-state index contributed by atoms with van der Waals surface area (Å²) in [7, 11) is 0. The van der Waals surface area contributed by atoms with Gasteiger partial charge in [-0.25, -0.2) is 0 Å². The minimum atomic E-state index is -0.713. The van der Waals surface area contributed by atoms with Gasteiger partial charge >= 0.3 is 5.97 Å². The zero-order valence-electron chi connectivity index (χ0n) is 7.16. The highest BCUT2D eigenvalue weighted by atomic mass is 35.5. The lowest BCUT2D eigenvalue weighted by Gasteiger charge is -2.11. The van der Waals surface area contributed by atoms with Gasteiger partial charge in [0.05, 0.1) is 0 Å². The van der Waals surface area contributed by atoms with Crippen LogP contribution in [-0.2, 0) is 9.53 Å². The van der Waals surface area contributed by atoms with Crippen molar-refractivity contribution in [3.63, 3.8) is 0 Å². The molecule has 3 nitrogen and oxygen atoms in total. The first kappa shape index (κ1) is 10.0. The Morgan fingerprint density at radius 2 is 2.00 bits per heavy atom. The van der Waals surface area contributed by atoms with E-state index in [4.69, 9.17) is 22.1 Å². The Kier molecular flexibility index (Phi) is 3.28. The summed E-state index contributed by atoms with van der Waals surface area (Å²) in [6, 6.07) is 6.83. The summed E-state index contributed by atoms with van der Waals surface area (Å²) in [5, 5.41) is 0.624. The van der Waals surface area contributed by atoms with E-state index in [1.807, 2.05) is 0 Å². The molecule has 0 heterocycles. The standard InChI is InChI=1S/C9H10ClNO2/c1-6(12)13-9(11)7-2-4-8(10)5-3-7/h2-5,9H,11H2,1H3. The molecule has 0 aliphatic heterocycles. The van der Waals surface area contributed by atoms with Crippen LogP contribution < -0.4 is 5.73 Å². The highest BCUT2D eigenvalue weighted by molar-refractivity contribution is 6.30. The molecular weight excluding hydrogens is 190 g/mol. The van der Waals surface area contributed by atoms with E-state index in [-0.39, 0.29) is 0 Å². The molecule has 0 saturated heterocycles. The van der Waals surface area contributed by atoms with E-state index in [0.29, 0.717) is 5.02 Å². The van der Waals surface area contributed by atoms with Crippen molar-refractivity contribution in [1.29, 1.82) is 0 Å². The summed E-state index contributed by atoms with van der Waals surface area (Å²) in [4.78, 5) is 10.6. The van der Waals surface area contributed by atoms with Gasteiger partial charge in [-0.2, -0.15) is 0 Å². The third-order valence-electron chi connectivity index (χ3n) is 1.49. The van der Waals surface area contributed by atoms with Gasteiger partial charge in [0.1, 0.15) is 0 Å². The topological polar surface area (TPSA) is 52.3 Å². The van der Waals surface area contributed by atoms with Gasteiger partial charge in [-0.05, 0) is 12.1 Å². The van der Waals surface area contributed by atoms with Crippen molar-refractivity contribution >= 4 is 17.6 Å². The van der Waals surface area contributed by atoms with Crippen LogP contribution >= 0.6 is 11.6 Å². The average molecular weight is 200 g/mol. The molecule has 0 saturated carbocycles. The smallest absolute Gasteiger partial charge is 0.304 e. The predicted molar refractivity (Wildman–Crippen MR) is 50.1 cm³/mol. The van der Waals surface area contributed by atoms with Gasteiger partial charge in [-0.3, -0.25) is 10.5 Å². The Morgan fingerprint density at radius 3 is 2.46 bits per heavy atom. The zero-order valence-corrected chi connectivity index (χ0v) is 7.91. The summed E-state index contributed by atoms with van der Waals surface area (Å²) >= 11 is 5.67. The molecule has 0 aliphatic rings. The van der Waals surface area contributed by atoms with E-state index in [2.05, 4.69) is 0 Å². The monoisotopic (exact) mass is 199 g/mol. The average Bonchev–Trinajstić information content (AvgIpc) is 2.04. The molecule has 13 heavy (non-hydrogen) atoms. The van der Waals surface area contributed by atoms with E-state index < -0.39 is 12.2 Å². The van der Waals surface area contributed by atoms with Gasteiger partial charge in [0.25, 0.3) is 0 Å². The lowest BCUT2D eigenvalue weighted by Crippen LogP contribution is -2.16. The van der Waals surface area contributed by atoms with Crippen molar-refractivity contribution in [3.8, 4) is 0 Å². The zero-order chi connectivity index (χ0) is 9.84. The fourth-order valence-corrected chi connectivity index (χ4v) is 1.03. The molecule has 1 atom stereocenters. The van der Waals surface area contributed by atoms with E-state index in [1.165, 1.54) is 6.92 Å². The van der Waals surface area contributed by atoms with Crippen molar-refractivity contribution in [2.45, 2.75) is 13.2 Å². The van der Waals surface area contributed by atoms with Crippen molar-refractivity contribution < 1.29 is 9.53 Å². The Morgan fingerprint density at radius 1 is 1.46 bits per heavy atom. The number of carbonyl (C=O) groups is 1. The predicted octanol–water partition coefficient (Wildman–Crippen LogP) is 1.86. The van der Waals surface area contributed by atoms with Crippen molar-refractivity contribution in [2.75, 3.05) is 0 Å². The molecule has 0 amide bonds. The third kappa shape index (κ3) is 3.05. The lowest BCUT2D eigenvalue weighted by molar-refractivity contribution is -0.146. The minimum Gasteiger partial charge on any atom is -0.443 e. The molecule has 0 aliphatic carbocycles. The lowest BCUT2D eigenvalue weighted by atomic mass is 10.2. The van der Waals surface area contributed by atoms with Crippen LogP contribution in [0.3, 0.4) is 0 Å². The maximum atomic E-state index is 10.6. The Labute approximate surface area is 81.4 Å². The molecule has 0 spiro atoms. The molecule has 1 aromatic carbocycles. The van der Waals surface area contributed by atoms with E-state index in [0.717, 1.165) is 5.56 Å². The first-order chi connectivity index (χ1) is 6.09. The Hall–Kier alpha value is -1.06. The van der Waals surface area contributed by atoms with Crippen molar-refractivity contribution in [1.82, 2.24) is 0 Å². The molecule has 1 unspecified atom stereocenters. The normalized spacial score (nSPS) is 12.2. The van der Waals surface area contributed by atoms with Gasteiger partial charge in [-0.1, -0.05) is 23.7 Å². The van der Waals surface area contributed by atoms with Crippen molar-refractivity contribution in [2.24, 2.45) is 5.73 Å². The highest BCUT2D eigenvalue weighted by Crippen LogP contribution is 2.15. The maximum absolute atomic E-state index is 10.6. The molecule has 2 N–H and O–H groups in total. The summed E-state index contributed by atoms with van der Waals surface area (Å²) in [6.45, 7) is 1.32. The molecule has 0 radical (unpaired) electrons. The van der Waals surface area contributed by atoms with Crippen LogP contribution in [0.2, 0.25) is 5.02 Å². The molecule has 70 valence electrons. The van der Waals surface area contributed by atoms with Crippen LogP contribution in [0.5, 0.6) is 0 Å². The summed E-state index contributed by atoms with van der Waals surface area (Å²) in [5.41, 5.74) is 6.28. The van der Waals surface area contributed by atoms with Gasteiger partial charge in [0, 0.05) is 17.5 Å². The van der Waals surface area contributed by atoms with Crippen LogP contribution in [0, 0.1) is 0 Å². The molecule has 1 rings (SSSR count). The second kappa shape index (κ2) is 4.25. The van der Waals surface area contributed by atoms with Crippen LogP contribution in [0.25, 0.3) is 0 Å². The second-order valence-electron chi connectivity index (χ2n) is 2.58. The van der Waals surface area contributed by atoms with Gasteiger partial charge in [-0.15, -0.1) is 0 Å². The number of hydrogen-bond donors (Lipinski definition) is 1. The Balaban J connectivity index is 2.71. The van der Waals surface area contributed by atoms with Crippen LogP contribution in [-0.4, -0.2) is 5.97 Å². The first-order valence-electron chi connectivity index (χ1n) is 3.78. The SMILES string of the molecule is CC(=O)OC(N)c1ccc(Cl)cc1. The molecule has 0 fully saturated rings. The van der Waals surface area contributed by atoms with E-state index in [9.17, 15) is 4.79 Å². The van der Waals surface area contributed by atoms with Crippen LogP contribution in [0.4, 0.5) is 0 Å².